The highest BCUT2D eigenvalue weighted by Crippen LogP contribution is 2.21. The summed E-state index contributed by atoms with van der Waals surface area (Å²) in [5, 5.41) is 11.1. The number of nitrogens with one attached hydrogen (secondary N) is 1. The van der Waals surface area contributed by atoms with E-state index < -0.39 is 17.8 Å². The molecule has 0 aliphatic carbocycles. The van der Waals surface area contributed by atoms with E-state index in [4.69, 9.17) is 5.11 Å². The van der Waals surface area contributed by atoms with Crippen molar-refractivity contribution in [3.63, 3.8) is 0 Å². The Hall–Kier alpha value is -1.91. The van der Waals surface area contributed by atoms with Crippen molar-refractivity contribution in [1.82, 2.24) is 5.32 Å². The molecule has 1 aromatic carbocycles. The second-order valence-electron chi connectivity index (χ2n) is 3.44. The highest BCUT2D eigenvalue weighted by atomic mass is 19.1. The van der Waals surface area contributed by atoms with Gasteiger partial charge in [-0.2, -0.15) is 0 Å². The average molecular weight is 225 g/mol. The molecule has 1 atom stereocenters. The van der Waals surface area contributed by atoms with Crippen LogP contribution in [-0.2, 0) is 9.59 Å². The summed E-state index contributed by atoms with van der Waals surface area (Å²) in [5.41, 5.74) is 1.22. The van der Waals surface area contributed by atoms with Crippen LogP contribution in [0.1, 0.15) is 23.6 Å². The molecule has 5 heteroatoms. The Labute approximate surface area is 92.1 Å². The van der Waals surface area contributed by atoms with Gasteiger partial charge in [-0.1, -0.05) is 6.07 Å². The van der Waals surface area contributed by atoms with Crippen LogP contribution in [0.5, 0.6) is 0 Å². The van der Waals surface area contributed by atoms with Gasteiger partial charge in [0.25, 0.3) is 0 Å². The lowest BCUT2D eigenvalue weighted by atomic mass is 9.99. The van der Waals surface area contributed by atoms with E-state index in [1.54, 1.807) is 13.0 Å². The first-order valence-electron chi connectivity index (χ1n) is 4.72. The molecule has 0 heterocycles. The van der Waals surface area contributed by atoms with Crippen LogP contribution in [0.15, 0.2) is 18.2 Å². The number of benzene rings is 1. The molecular formula is C11H12FNO3. The first-order chi connectivity index (χ1) is 7.54. The maximum atomic E-state index is 13.0. The van der Waals surface area contributed by atoms with Gasteiger partial charge in [0.2, 0.25) is 6.41 Å². The number of carboxylic acids is 1. The van der Waals surface area contributed by atoms with Crippen LogP contribution < -0.4 is 5.32 Å². The number of halogens is 1. The Morgan fingerprint density at radius 3 is 2.88 bits per heavy atom. The van der Waals surface area contributed by atoms with Crippen LogP contribution >= 0.6 is 0 Å². The summed E-state index contributed by atoms with van der Waals surface area (Å²) in [6.07, 6.45) is 0.140. The van der Waals surface area contributed by atoms with Crippen LogP contribution in [0.2, 0.25) is 0 Å². The molecule has 86 valence electrons. The predicted octanol–water partition coefficient (Wildman–Crippen LogP) is 1.40. The maximum absolute atomic E-state index is 13.0. The zero-order chi connectivity index (χ0) is 12.1. The quantitative estimate of drug-likeness (QED) is 0.744. The lowest BCUT2D eigenvalue weighted by molar-refractivity contribution is -0.137. The normalized spacial score (nSPS) is 11.9. The standard InChI is InChI=1S/C11H12FNO3/c1-7-2-3-8(12)4-9(7)10(13-6-14)5-11(15)16/h2-4,6,10H,5H2,1H3,(H,13,14)(H,15,16)/t10-/m0/s1. The van der Waals surface area contributed by atoms with Crippen molar-refractivity contribution in [3.8, 4) is 0 Å². The van der Waals surface area contributed by atoms with Crippen LogP contribution in [-0.4, -0.2) is 17.5 Å². The molecule has 0 saturated carbocycles. The van der Waals surface area contributed by atoms with E-state index in [9.17, 15) is 14.0 Å². The Morgan fingerprint density at radius 1 is 1.62 bits per heavy atom. The molecule has 1 aromatic rings. The molecule has 0 aromatic heterocycles. The van der Waals surface area contributed by atoms with Gasteiger partial charge < -0.3 is 10.4 Å². The first kappa shape index (κ1) is 12.2. The van der Waals surface area contributed by atoms with E-state index in [0.29, 0.717) is 12.0 Å². The van der Waals surface area contributed by atoms with Gasteiger partial charge in [-0.25, -0.2) is 4.39 Å². The van der Waals surface area contributed by atoms with E-state index in [1.165, 1.54) is 12.1 Å². The fraction of sp³-hybridized carbons (Fsp3) is 0.273. The fourth-order valence-electron chi connectivity index (χ4n) is 1.50. The lowest BCUT2D eigenvalue weighted by Gasteiger charge is -2.16. The van der Waals surface area contributed by atoms with Gasteiger partial charge >= 0.3 is 5.97 Å². The smallest absolute Gasteiger partial charge is 0.305 e. The minimum absolute atomic E-state index is 0.275. The molecule has 0 spiro atoms. The van der Waals surface area contributed by atoms with Gasteiger partial charge in [-0.3, -0.25) is 9.59 Å². The number of hydrogen-bond acceptors (Lipinski definition) is 2. The minimum atomic E-state index is -1.05. The number of carboxylic acid groups (broad SMARTS) is 1. The van der Waals surface area contributed by atoms with Gasteiger partial charge in [-0.05, 0) is 30.2 Å². The van der Waals surface area contributed by atoms with Crippen LogP contribution in [0, 0.1) is 12.7 Å². The van der Waals surface area contributed by atoms with Crippen LogP contribution in [0.4, 0.5) is 4.39 Å². The number of aryl methyl sites for hydroxylation is 1. The van der Waals surface area contributed by atoms with E-state index in [-0.39, 0.29) is 6.42 Å². The zero-order valence-electron chi connectivity index (χ0n) is 8.74. The Balaban J connectivity index is 3.03. The third-order valence-electron chi connectivity index (χ3n) is 2.26. The van der Waals surface area contributed by atoms with Gasteiger partial charge in [0.05, 0.1) is 12.5 Å². The minimum Gasteiger partial charge on any atom is -0.481 e. The van der Waals surface area contributed by atoms with E-state index in [1.807, 2.05) is 0 Å². The van der Waals surface area contributed by atoms with Gasteiger partial charge in [0, 0.05) is 0 Å². The second-order valence-corrected chi connectivity index (χ2v) is 3.44. The average Bonchev–Trinajstić information content (AvgIpc) is 2.20. The van der Waals surface area contributed by atoms with Gasteiger partial charge in [0.15, 0.2) is 0 Å². The Kier molecular flexibility index (Phi) is 3.99. The van der Waals surface area contributed by atoms with Crippen molar-refractivity contribution >= 4 is 12.4 Å². The molecule has 0 bridgehead atoms. The number of rotatable bonds is 5. The molecule has 0 aliphatic heterocycles. The highest BCUT2D eigenvalue weighted by molar-refractivity contribution is 5.68. The molecule has 0 saturated heterocycles. The van der Waals surface area contributed by atoms with Crippen molar-refractivity contribution in [3.05, 3.63) is 35.1 Å². The summed E-state index contributed by atoms with van der Waals surface area (Å²) >= 11 is 0. The summed E-state index contributed by atoms with van der Waals surface area (Å²) in [4.78, 5) is 21.0. The fourth-order valence-corrected chi connectivity index (χ4v) is 1.50. The number of amides is 1. The van der Waals surface area contributed by atoms with Gasteiger partial charge in [-0.15, -0.1) is 0 Å². The largest absolute Gasteiger partial charge is 0.481 e. The molecule has 1 rings (SSSR count). The Morgan fingerprint density at radius 2 is 2.31 bits per heavy atom. The summed E-state index contributed by atoms with van der Waals surface area (Å²) in [5.74, 6) is -1.51. The zero-order valence-corrected chi connectivity index (χ0v) is 8.74. The predicted molar refractivity (Wildman–Crippen MR) is 55.3 cm³/mol. The monoisotopic (exact) mass is 225 g/mol. The molecule has 0 radical (unpaired) electrons. The summed E-state index contributed by atoms with van der Waals surface area (Å²) in [7, 11) is 0. The van der Waals surface area contributed by atoms with Crippen molar-refractivity contribution < 1.29 is 19.1 Å². The van der Waals surface area contributed by atoms with E-state index >= 15 is 0 Å². The third kappa shape index (κ3) is 3.05. The summed E-state index contributed by atoms with van der Waals surface area (Å²) < 4.78 is 13.0. The summed E-state index contributed by atoms with van der Waals surface area (Å²) in [6.45, 7) is 1.73. The van der Waals surface area contributed by atoms with Gasteiger partial charge in [0.1, 0.15) is 5.82 Å². The third-order valence-corrected chi connectivity index (χ3v) is 2.26. The van der Waals surface area contributed by atoms with E-state index in [2.05, 4.69) is 5.32 Å². The number of aliphatic carboxylic acids is 1. The summed E-state index contributed by atoms with van der Waals surface area (Å²) in [6, 6.07) is 3.37. The molecular weight excluding hydrogens is 213 g/mol. The van der Waals surface area contributed by atoms with Crippen LogP contribution in [0.25, 0.3) is 0 Å². The lowest BCUT2D eigenvalue weighted by Crippen LogP contribution is -2.23. The molecule has 1 amide bonds. The Bertz CT molecular complexity index is 406. The molecule has 0 aliphatic rings. The van der Waals surface area contributed by atoms with Crippen molar-refractivity contribution in [2.24, 2.45) is 0 Å². The topological polar surface area (TPSA) is 66.4 Å². The first-order valence-corrected chi connectivity index (χ1v) is 4.72. The number of carbonyl (C=O) groups is 2. The van der Waals surface area contributed by atoms with E-state index in [0.717, 1.165) is 5.56 Å². The maximum Gasteiger partial charge on any atom is 0.305 e. The highest BCUT2D eigenvalue weighted by Gasteiger charge is 2.17. The molecule has 0 unspecified atom stereocenters. The SMILES string of the molecule is Cc1ccc(F)cc1[C@H](CC(=O)O)NC=O. The van der Waals surface area contributed by atoms with Crippen LogP contribution in [0.3, 0.4) is 0 Å². The molecule has 2 N–H and O–H groups in total. The second kappa shape index (κ2) is 5.25. The number of hydrogen-bond donors (Lipinski definition) is 2. The molecule has 4 nitrogen and oxygen atoms in total. The molecule has 0 fully saturated rings. The number of carbonyl (C=O) groups excluding carboxylic acids is 1. The van der Waals surface area contributed by atoms with Crippen molar-refractivity contribution in [1.29, 1.82) is 0 Å². The van der Waals surface area contributed by atoms with Crippen molar-refractivity contribution in [2.75, 3.05) is 0 Å². The molecule has 16 heavy (non-hydrogen) atoms. The van der Waals surface area contributed by atoms with Crippen molar-refractivity contribution in [2.45, 2.75) is 19.4 Å².